The first-order chi connectivity index (χ1) is 18.1. The molecular formula is C25H26ClFN6O5. The molecule has 200 valence electrons. The number of hydrogen-bond donors (Lipinski definition) is 2. The Morgan fingerprint density at radius 2 is 2.11 bits per heavy atom. The van der Waals surface area contributed by atoms with Gasteiger partial charge in [-0.1, -0.05) is 23.7 Å². The lowest BCUT2D eigenvalue weighted by atomic mass is 9.81. The number of nitrogens with zero attached hydrogens (tertiary/aromatic N) is 5. The fourth-order valence-corrected chi connectivity index (χ4v) is 4.61. The third kappa shape index (κ3) is 5.31. The molecule has 0 fully saturated rings. The third-order valence-electron chi connectivity index (χ3n) is 6.25. The van der Waals surface area contributed by atoms with Crippen LogP contribution in [-0.2, 0) is 18.3 Å². The van der Waals surface area contributed by atoms with Gasteiger partial charge in [0.05, 0.1) is 25.0 Å². The van der Waals surface area contributed by atoms with Gasteiger partial charge in [0.1, 0.15) is 23.6 Å². The summed E-state index contributed by atoms with van der Waals surface area (Å²) in [4.78, 5) is 30.3. The predicted molar refractivity (Wildman–Crippen MR) is 136 cm³/mol. The summed E-state index contributed by atoms with van der Waals surface area (Å²) in [5, 5.41) is 21.3. The minimum absolute atomic E-state index is 0.164. The van der Waals surface area contributed by atoms with Gasteiger partial charge in [-0.25, -0.2) is 9.37 Å². The van der Waals surface area contributed by atoms with E-state index in [2.05, 4.69) is 20.6 Å². The van der Waals surface area contributed by atoms with Crippen molar-refractivity contribution in [2.24, 2.45) is 7.05 Å². The standard InChI is InChI=1S/C25H26ClFN6O5/c1-13(23-30-21(22(34)25(36)32(23)3)24(35)29-16-10-28-38-12-16)20(17-9-15(27)5-6-19(17)26)18-11-33(7-8-37-4)31-14(18)2/h5-6,9-13,20,34H,7-8H2,1-4H3,(H,29,35). The lowest BCUT2D eigenvalue weighted by Gasteiger charge is -2.26. The number of ether oxygens (including phenoxy) is 1. The van der Waals surface area contributed by atoms with Crippen molar-refractivity contribution in [3.05, 3.63) is 86.4 Å². The predicted octanol–water partition coefficient (Wildman–Crippen LogP) is 3.61. The Morgan fingerprint density at radius 1 is 1.34 bits per heavy atom. The van der Waals surface area contributed by atoms with Crippen LogP contribution >= 0.6 is 11.6 Å². The van der Waals surface area contributed by atoms with Gasteiger partial charge in [-0.15, -0.1) is 0 Å². The summed E-state index contributed by atoms with van der Waals surface area (Å²) in [6.07, 6.45) is 4.26. The molecule has 13 heteroatoms. The summed E-state index contributed by atoms with van der Waals surface area (Å²) < 4.78 is 27.2. The lowest BCUT2D eigenvalue weighted by Crippen LogP contribution is -2.29. The molecule has 3 aromatic heterocycles. The Kier molecular flexibility index (Phi) is 7.93. The molecule has 3 heterocycles. The molecule has 0 spiro atoms. The SMILES string of the molecule is COCCn1cc(C(c2cc(F)ccc2Cl)C(C)c2nc(C(=O)Nc3cnoc3)c(O)c(=O)n2C)c(C)n1. The second-order valence-corrected chi connectivity index (χ2v) is 9.16. The van der Waals surface area contributed by atoms with E-state index < -0.39 is 40.6 Å². The number of nitrogens with one attached hydrogen (secondary N) is 1. The number of rotatable bonds is 9. The molecule has 38 heavy (non-hydrogen) atoms. The molecule has 1 amide bonds. The van der Waals surface area contributed by atoms with E-state index in [9.17, 15) is 19.1 Å². The van der Waals surface area contributed by atoms with Gasteiger partial charge in [-0.3, -0.25) is 18.8 Å². The number of aryl methyl sites for hydroxylation is 1. The highest BCUT2D eigenvalue weighted by Gasteiger charge is 2.32. The van der Waals surface area contributed by atoms with Gasteiger partial charge in [-0.2, -0.15) is 5.10 Å². The van der Waals surface area contributed by atoms with Crippen LogP contribution in [0.1, 0.15) is 51.9 Å². The second kappa shape index (κ2) is 11.2. The summed E-state index contributed by atoms with van der Waals surface area (Å²) in [5.41, 5.74) is 0.745. The van der Waals surface area contributed by atoms with Crippen molar-refractivity contribution in [2.75, 3.05) is 19.0 Å². The molecule has 1 aromatic carbocycles. The Morgan fingerprint density at radius 3 is 2.79 bits per heavy atom. The van der Waals surface area contributed by atoms with Crippen LogP contribution in [0.3, 0.4) is 0 Å². The van der Waals surface area contributed by atoms with E-state index in [1.54, 1.807) is 18.7 Å². The number of aromatic hydroxyl groups is 1. The Bertz CT molecular complexity index is 1520. The molecule has 2 N–H and O–H groups in total. The number of benzene rings is 1. The van der Waals surface area contributed by atoms with E-state index >= 15 is 0 Å². The van der Waals surface area contributed by atoms with E-state index in [1.807, 2.05) is 13.1 Å². The maximum atomic E-state index is 14.4. The van der Waals surface area contributed by atoms with Crippen molar-refractivity contribution in [1.29, 1.82) is 0 Å². The van der Waals surface area contributed by atoms with Crippen molar-refractivity contribution in [1.82, 2.24) is 24.5 Å². The zero-order chi connectivity index (χ0) is 27.6. The van der Waals surface area contributed by atoms with Crippen LogP contribution in [0.5, 0.6) is 5.75 Å². The minimum Gasteiger partial charge on any atom is -0.501 e. The van der Waals surface area contributed by atoms with Crippen LogP contribution < -0.4 is 10.9 Å². The Balaban J connectivity index is 1.86. The van der Waals surface area contributed by atoms with Gasteiger partial charge in [0.15, 0.2) is 5.69 Å². The number of hydrogen-bond acceptors (Lipinski definition) is 8. The quantitative estimate of drug-likeness (QED) is 0.326. The maximum absolute atomic E-state index is 14.4. The van der Waals surface area contributed by atoms with Crippen LogP contribution in [0.2, 0.25) is 5.02 Å². The van der Waals surface area contributed by atoms with Gasteiger partial charge in [0.2, 0.25) is 5.75 Å². The second-order valence-electron chi connectivity index (χ2n) is 8.76. The van der Waals surface area contributed by atoms with E-state index in [4.69, 9.17) is 20.9 Å². The monoisotopic (exact) mass is 544 g/mol. The van der Waals surface area contributed by atoms with Gasteiger partial charge in [0.25, 0.3) is 11.5 Å². The van der Waals surface area contributed by atoms with Crippen LogP contribution in [-0.4, -0.2) is 49.2 Å². The largest absolute Gasteiger partial charge is 0.501 e. The highest BCUT2D eigenvalue weighted by molar-refractivity contribution is 6.31. The molecule has 0 radical (unpaired) electrons. The molecule has 0 aliphatic carbocycles. The molecule has 11 nitrogen and oxygen atoms in total. The molecule has 4 aromatic rings. The lowest BCUT2D eigenvalue weighted by molar-refractivity contribution is 0.101. The van der Waals surface area contributed by atoms with Gasteiger partial charge in [0, 0.05) is 42.8 Å². The molecule has 2 atom stereocenters. The van der Waals surface area contributed by atoms with Crippen LogP contribution in [0.25, 0.3) is 0 Å². The van der Waals surface area contributed by atoms with E-state index in [0.717, 1.165) is 10.1 Å². The van der Waals surface area contributed by atoms with E-state index in [0.29, 0.717) is 29.4 Å². The molecule has 2 unspecified atom stereocenters. The molecular weight excluding hydrogens is 519 g/mol. The molecule has 0 aliphatic rings. The summed E-state index contributed by atoms with van der Waals surface area (Å²) in [6, 6.07) is 4.04. The normalized spacial score (nSPS) is 12.9. The number of anilines is 1. The van der Waals surface area contributed by atoms with Gasteiger partial charge in [-0.05, 0) is 30.7 Å². The minimum atomic E-state index is -0.833. The average Bonchev–Trinajstić information content (AvgIpc) is 3.53. The molecule has 0 bridgehead atoms. The van der Waals surface area contributed by atoms with Crippen molar-refractivity contribution in [2.45, 2.75) is 32.2 Å². The Labute approximate surface area is 221 Å². The Hall–Kier alpha value is -4.03. The van der Waals surface area contributed by atoms with Crippen LogP contribution in [0.4, 0.5) is 10.1 Å². The molecule has 0 aliphatic heterocycles. The van der Waals surface area contributed by atoms with Crippen LogP contribution in [0, 0.1) is 12.7 Å². The van der Waals surface area contributed by atoms with Gasteiger partial charge < -0.3 is 19.7 Å². The van der Waals surface area contributed by atoms with Gasteiger partial charge >= 0.3 is 0 Å². The maximum Gasteiger partial charge on any atom is 0.296 e. The number of methoxy groups -OCH3 is 1. The highest BCUT2D eigenvalue weighted by Crippen LogP contribution is 2.42. The number of amides is 1. The first-order valence-electron chi connectivity index (χ1n) is 11.6. The first kappa shape index (κ1) is 27.0. The summed E-state index contributed by atoms with van der Waals surface area (Å²) in [6.45, 7) is 4.50. The summed E-state index contributed by atoms with van der Waals surface area (Å²) in [7, 11) is 3.02. The smallest absolute Gasteiger partial charge is 0.296 e. The van der Waals surface area contributed by atoms with Crippen molar-refractivity contribution in [3.8, 4) is 5.75 Å². The van der Waals surface area contributed by atoms with E-state index in [1.165, 1.54) is 37.7 Å². The zero-order valence-electron chi connectivity index (χ0n) is 21.1. The topological polar surface area (TPSA) is 137 Å². The number of aromatic nitrogens is 5. The first-order valence-corrected chi connectivity index (χ1v) is 12.0. The van der Waals surface area contributed by atoms with Crippen molar-refractivity contribution >= 4 is 23.2 Å². The fraction of sp³-hybridized carbons (Fsp3) is 0.320. The van der Waals surface area contributed by atoms with Crippen molar-refractivity contribution in [3.63, 3.8) is 0 Å². The highest BCUT2D eigenvalue weighted by atomic mass is 35.5. The number of halogens is 2. The van der Waals surface area contributed by atoms with Crippen LogP contribution in [0.15, 0.2) is 46.2 Å². The molecule has 0 saturated carbocycles. The third-order valence-corrected chi connectivity index (χ3v) is 6.60. The number of carbonyl (C=O) groups is 1. The zero-order valence-corrected chi connectivity index (χ0v) is 21.9. The molecule has 0 saturated heterocycles. The summed E-state index contributed by atoms with van der Waals surface area (Å²) >= 11 is 6.55. The average molecular weight is 545 g/mol. The fourth-order valence-electron chi connectivity index (χ4n) is 4.38. The molecule has 4 rings (SSSR count). The number of carbonyl (C=O) groups excluding carboxylic acids is 1. The van der Waals surface area contributed by atoms with E-state index in [-0.39, 0.29) is 11.5 Å². The van der Waals surface area contributed by atoms with Crippen molar-refractivity contribution < 1.29 is 23.6 Å². The summed E-state index contributed by atoms with van der Waals surface area (Å²) in [5.74, 6) is -3.23.